The number of carbonyl (C=O) groups excluding carboxylic acids is 2. The van der Waals surface area contributed by atoms with Gasteiger partial charge in [-0.2, -0.15) is 0 Å². The standard InChI is InChI=1S/C27H16Cl4N4O2/c28-16-3-7-21(22(31)12-16)27(37)33-20-6-8-23-24(13-20)35-25(34-23)14-1-4-19(5-2-14)32-26(36)15-9-17(29)11-18(30)10-15/h1-13H,(H,32,36)(H,33,37)(H,34,35). The molecule has 0 aliphatic carbocycles. The molecule has 6 nitrogen and oxygen atoms in total. The topological polar surface area (TPSA) is 86.9 Å². The van der Waals surface area contributed by atoms with Crippen LogP contribution in [-0.2, 0) is 0 Å². The van der Waals surface area contributed by atoms with E-state index >= 15 is 0 Å². The number of halogens is 4. The maximum absolute atomic E-state index is 12.6. The Morgan fingerprint density at radius 1 is 0.676 bits per heavy atom. The highest BCUT2D eigenvalue weighted by molar-refractivity contribution is 6.37. The molecule has 0 saturated carbocycles. The van der Waals surface area contributed by atoms with Gasteiger partial charge in [0.05, 0.1) is 21.6 Å². The number of carbonyl (C=O) groups is 2. The maximum atomic E-state index is 12.6. The van der Waals surface area contributed by atoms with Crippen molar-refractivity contribution < 1.29 is 9.59 Å². The van der Waals surface area contributed by atoms with Crippen LogP contribution in [-0.4, -0.2) is 21.8 Å². The lowest BCUT2D eigenvalue weighted by atomic mass is 10.1. The summed E-state index contributed by atoms with van der Waals surface area (Å²) in [6.45, 7) is 0. The Bertz CT molecular complexity index is 1650. The number of fused-ring (bicyclic) bond motifs is 1. The maximum Gasteiger partial charge on any atom is 0.257 e. The Kier molecular flexibility index (Phi) is 7.09. The van der Waals surface area contributed by atoms with Crippen molar-refractivity contribution in [2.75, 3.05) is 10.6 Å². The highest BCUT2D eigenvalue weighted by atomic mass is 35.5. The van der Waals surface area contributed by atoms with Crippen molar-refractivity contribution >= 4 is 80.6 Å². The van der Waals surface area contributed by atoms with Crippen molar-refractivity contribution in [1.29, 1.82) is 0 Å². The van der Waals surface area contributed by atoms with Crippen LogP contribution in [0.4, 0.5) is 11.4 Å². The summed E-state index contributed by atoms with van der Waals surface area (Å²) in [5, 5.41) is 7.14. The zero-order valence-electron chi connectivity index (χ0n) is 18.8. The van der Waals surface area contributed by atoms with Crippen molar-refractivity contribution in [2.45, 2.75) is 0 Å². The Labute approximate surface area is 231 Å². The first-order chi connectivity index (χ1) is 17.7. The van der Waals surface area contributed by atoms with Gasteiger partial charge in [0.25, 0.3) is 11.8 Å². The minimum Gasteiger partial charge on any atom is -0.338 e. The van der Waals surface area contributed by atoms with Crippen molar-refractivity contribution in [2.24, 2.45) is 0 Å². The molecule has 0 aliphatic rings. The predicted octanol–water partition coefficient (Wildman–Crippen LogP) is 8.35. The van der Waals surface area contributed by atoms with E-state index in [1.165, 1.54) is 6.07 Å². The summed E-state index contributed by atoms with van der Waals surface area (Å²) < 4.78 is 0. The molecule has 1 heterocycles. The molecule has 0 saturated heterocycles. The van der Waals surface area contributed by atoms with Crippen LogP contribution in [0.5, 0.6) is 0 Å². The zero-order valence-corrected chi connectivity index (χ0v) is 21.8. The van der Waals surface area contributed by atoms with Gasteiger partial charge in [0.2, 0.25) is 0 Å². The van der Waals surface area contributed by atoms with Crippen molar-refractivity contribution in [3.63, 3.8) is 0 Å². The lowest BCUT2D eigenvalue weighted by molar-refractivity contribution is 0.101. The number of nitrogens with one attached hydrogen (secondary N) is 3. The van der Waals surface area contributed by atoms with Crippen LogP contribution >= 0.6 is 46.4 Å². The van der Waals surface area contributed by atoms with Gasteiger partial charge < -0.3 is 15.6 Å². The number of anilines is 2. The second-order valence-electron chi connectivity index (χ2n) is 8.09. The monoisotopic (exact) mass is 568 g/mol. The number of imidazole rings is 1. The van der Waals surface area contributed by atoms with E-state index in [-0.39, 0.29) is 16.8 Å². The van der Waals surface area contributed by atoms with E-state index in [4.69, 9.17) is 46.4 Å². The van der Waals surface area contributed by atoms with Crippen molar-refractivity contribution in [3.8, 4) is 11.4 Å². The van der Waals surface area contributed by atoms with Gasteiger partial charge in [-0.15, -0.1) is 0 Å². The number of nitrogens with zero attached hydrogens (tertiary/aromatic N) is 1. The van der Waals surface area contributed by atoms with E-state index < -0.39 is 0 Å². The number of benzene rings is 4. The van der Waals surface area contributed by atoms with Crippen LogP contribution in [0.2, 0.25) is 20.1 Å². The van der Waals surface area contributed by atoms with E-state index in [0.717, 1.165) is 16.6 Å². The van der Waals surface area contributed by atoms with Gasteiger partial charge >= 0.3 is 0 Å². The molecule has 0 spiro atoms. The van der Waals surface area contributed by atoms with E-state index in [1.54, 1.807) is 60.7 Å². The van der Waals surface area contributed by atoms with Crippen LogP contribution in [0.3, 0.4) is 0 Å². The van der Waals surface area contributed by atoms with E-state index in [0.29, 0.717) is 43.4 Å². The number of H-pyrrole nitrogens is 1. The fourth-order valence-corrected chi connectivity index (χ4v) is 4.72. The van der Waals surface area contributed by atoms with Crippen LogP contribution in [0.15, 0.2) is 78.9 Å². The van der Waals surface area contributed by atoms with Crippen LogP contribution < -0.4 is 10.6 Å². The average molecular weight is 570 g/mol. The number of aromatic amines is 1. The fourth-order valence-electron chi connectivity index (χ4n) is 3.70. The quantitative estimate of drug-likeness (QED) is 0.199. The molecule has 1 aromatic heterocycles. The molecule has 5 rings (SSSR count). The smallest absolute Gasteiger partial charge is 0.257 e. The van der Waals surface area contributed by atoms with Gasteiger partial charge in [-0.1, -0.05) is 46.4 Å². The molecule has 3 N–H and O–H groups in total. The molecule has 2 amide bonds. The van der Waals surface area contributed by atoms with E-state index in [9.17, 15) is 9.59 Å². The number of hydrogen-bond acceptors (Lipinski definition) is 3. The summed E-state index contributed by atoms with van der Waals surface area (Å²) in [4.78, 5) is 33.0. The highest BCUT2D eigenvalue weighted by Gasteiger charge is 2.13. The molecular weight excluding hydrogens is 554 g/mol. The van der Waals surface area contributed by atoms with Gasteiger partial charge in [0.15, 0.2) is 0 Å². The number of aromatic nitrogens is 2. The van der Waals surface area contributed by atoms with Crippen LogP contribution in [0, 0.1) is 0 Å². The molecule has 0 aliphatic heterocycles. The summed E-state index contributed by atoms with van der Waals surface area (Å²) in [6.07, 6.45) is 0. The molecule has 0 fully saturated rings. The SMILES string of the molecule is O=C(Nc1ccc(-c2nc3ccc(NC(=O)c4ccc(Cl)cc4Cl)cc3[nH]2)cc1)c1cc(Cl)cc(Cl)c1. The molecule has 37 heavy (non-hydrogen) atoms. The largest absolute Gasteiger partial charge is 0.338 e. The molecule has 0 unspecified atom stereocenters. The third kappa shape index (κ3) is 5.73. The third-order valence-corrected chi connectivity index (χ3v) is 6.44. The predicted molar refractivity (Wildman–Crippen MR) is 150 cm³/mol. The molecular formula is C27H16Cl4N4O2. The summed E-state index contributed by atoms with van der Waals surface area (Å²) in [5.41, 5.74) is 4.16. The Morgan fingerprint density at radius 3 is 2.05 bits per heavy atom. The average Bonchev–Trinajstić information content (AvgIpc) is 3.27. The van der Waals surface area contributed by atoms with Gasteiger partial charge in [-0.05, 0) is 78.9 Å². The zero-order chi connectivity index (χ0) is 26.1. The summed E-state index contributed by atoms with van der Waals surface area (Å²) in [7, 11) is 0. The second-order valence-corrected chi connectivity index (χ2v) is 9.80. The second kappa shape index (κ2) is 10.4. The molecule has 4 aromatic carbocycles. The van der Waals surface area contributed by atoms with Crippen molar-refractivity contribution in [1.82, 2.24) is 9.97 Å². The summed E-state index contributed by atoms with van der Waals surface area (Å²) in [6, 6.07) is 21.9. The van der Waals surface area contributed by atoms with Gasteiger partial charge in [0.1, 0.15) is 5.82 Å². The number of amides is 2. The minimum atomic E-state index is -0.349. The highest BCUT2D eigenvalue weighted by Crippen LogP contribution is 2.26. The summed E-state index contributed by atoms with van der Waals surface area (Å²) >= 11 is 24.0. The van der Waals surface area contributed by atoms with Crippen molar-refractivity contribution in [3.05, 3.63) is 110 Å². The van der Waals surface area contributed by atoms with Gasteiger partial charge in [-0.25, -0.2) is 4.98 Å². The lowest BCUT2D eigenvalue weighted by Crippen LogP contribution is -2.12. The third-order valence-electron chi connectivity index (χ3n) is 5.46. The molecule has 0 bridgehead atoms. The van der Waals surface area contributed by atoms with Crippen LogP contribution in [0.25, 0.3) is 22.4 Å². The van der Waals surface area contributed by atoms with Gasteiger partial charge in [-0.3, -0.25) is 9.59 Å². The normalized spacial score (nSPS) is 10.9. The Morgan fingerprint density at radius 2 is 1.35 bits per heavy atom. The first kappa shape index (κ1) is 25.1. The lowest BCUT2D eigenvalue weighted by Gasteiger charge is -2.07. The molecule has 10 heteroatoms. The minimum absolute atomic E-state index is 0.269. The van der Waals surface area contributed by atoms with Crippen LogP contribution in [0.1, 0.15) is 20.7 Å². The van der Waals surface area contributed by atoms with E-state index in [2.05, 4.69) is 20.6 Å². The Hall–Kier alpha value is -3.55. The Balaban J connectivity index is 1.31. The molecule has 5 aromatic rings. The molecule has 184 valence electrons. The summed E-state index contributed by atoms with van der Waals surface area (Å²) in [5.74, 6) is -0.0347. The fraction of sp³-hybridized carbons (Fsp3) is 0. The molecule has 0 radical (unpaired) electrons. The molecule has 0 atom stereocenters. The first-order valence-corrected chi connectivity index (χ1v) is 12.4. The number of rotatable bonds is 5. The number of hydrogen-bond donors (Lipinski definition) is 3. The first-order valence-electron chi connectivity index (χ1n) is 10.9. The van der Waals surface area contributed by atoms with E-state index in [1.807, 2.05) is 12.1 Å². The van der Waals surface area contributed by atoms with Gasteiger partial charge in [0, 0.05) is 37.6 Å².